The fourth-order valence-electron chi connectivity index (χ4n) is 1.07. The third-order valence-electron chi connectivity index (χ3n) is 1.80. The zero-order valence-electron chi connectivity index (χ0n) is 8.50. The topological polar surface area (TPSA) is 20.3 Å². The summed E-state index contributed by atoms with van der Waals surface area (Å²) in [5.74, 6) is 0.123. The molecule has 0 aromatic carbocycles. The Morgan fingerprint density at radius 1 is 1.50 bits per heavy atom. The van der Waals surface area contributed by atoms with Crippen LogP contribution >= 0.6 is 0 Å². The molecule has 0 N–H and O–H groups in total. The Hall–Kier alpha value is -0.630. The van der Waals surface area contributed by atoms with Gasteiger partial charge in [0.25, 0.3) is 0 Å². The standard InChI is InChI=1S/C10H19NO/c1-5-6-10(11(3)4)8-7-9(2)12/h7-8,10H,5-6H2,1-4H3/b8-7+. The quantitative estimate of drug-likeness (QED) is 0.585. The number of hydrogen-bond donors (Lipinski definition) is 0. The number of allylic oxidation sites excluding steroid dienone is 1. The van der Waals surface area contributed by atoms with Crippen molar-refractivity contribution in [3.63, 3.8) is 0 Å². The van der Waals surface area contributed by atoms with E-state index in [1.807, 2.05) is 20.2 Å². The first-order valence-corrected chi connectivity index (χ1v) is 4.43. The van der Waals surface area contributed by atoms with E-state index in [1.165, 1.54) is 0 Å². The maximum atomic E-state index is 10.7. The van der Waals surface area contributed by atoms with Gasteiger partial charge in [0.1, 0.15) is 0 Å². The normalized spacial score (nSPS) is 14.1. The maximum Gasteiger partial charge on any atom is 0.152 e. The molecule has 0 saturated heterocycles. The largest absolute Gasteiger partial charge is 0.303 e. The number of carbonyl (C=O) groups excluding carboxylic acids is 1. The first kappa shape index (κ1) is 11.4. The fraction of sp³-hybridized carbons (Fsp3) is 0.700. The minimum Gasteiger partial charge on any atom is -0.303 e. The molecule has 0 aliphatic rings. The molecule has 0 amide bonds. The maximum absolute atomic E-state index is 10.7. The van der Waals surface area contributed by atoms with Crippen LogP contribution in [0, 0.1) is 0 Å². The second-order valence-electron chi connectivity index (χ2n) is 3.29. The number of carbonyl (C=O) groups is 1. The predicted molar refractivity (Wildman–Crippen MR) is 52.2 cm³/mol. The van der Waals surface area contributed by atoms with Gasteiger partial charge in [-0.15, -0.1) is 0 Å². The van der Waals surface area contributed by atoms with Crippen LogP contribution in [-0.2, 0) is 4.79 Å². The van der Waals surface area contributed by atoms with Crippen molar-refractivity contribution < 1.29 is 4.79 Å². The molecule has 0 aliphatic carbocycles. The van der Waals surface area contributed by atoms with Crippen molar-refractivity contribution in [3.8, 4) is 0 Å². The van der Waals surface area contributed by atoms with Gasteiger partial charge in [0.2, 0.25) is 0 Å². The average molecular weight is 169 g/mol. The number of hydrogen-bond acceptors (Lipinski definition) is 2. The van der Waals surface area contributed by atoms with Crippen molar-refractivity contribution in [1.82, 2.24) is 4.90 Å². The molecule has 0 rings (SSSR count). The van der Waals surface area contributed by atoms with E-state index in [0.717, 1.165) is 12.8 Å². The van der Waals surface area contributed by atoms with Crippen LogP contribution in [0.1, 0.15) is 26.7 Å². The van der Waals surface area contributed by atoms with E-state index in [1.54, 1.807) is 13.0 Å². The highest BCUT2D eigenvalue weighted by molar-refractivity contribution is 5.87. The minimum atomic E-state index is 0.123. The first-order chi connectivity index (χ1) is 5.57. The number of likely N-dealkylation sites (N-methyl/N-ethyl adjacent to an activating group) is 1. The Morgan fingerprint density at radius 2 is 2.08 bits per heavy atom. The van der Waals surface area contributed by atoms with E-state index < -0.39 is 0 Å². The van der Waals surface area contributed by atoms with Gasteiger partial charge in [-0.25, -0.2) is 0 Å². The van der Waals surface area contributed by atoms with Gasteiger partial charge in [-0.2, -0.15) is 0 Å². The summed E-state index contributed by atoms with van der Waals surface area (Å²) in [5, 5.41) is 0. The van der Waals surface area contributed by atoms with E-state index in [0.29, 0.717) is 6.04 Å². The lowest BCUT2D eigenvalue weighted by Gasteiger charge is -2.19. The summed E-state index contributed by atoms with van der Waals surface area (Å²) in [6.45, 7) is 3.73. The van der Waals surface area contributed by atoms with Crippen LogP contribution in [0.15, 0.2) is 12.2 Å². The van der Waals surface area contributed by atoms with Crippen molar-refractivity contribution in [2.75, 3.05) is 14.1 Å². The van der Waals surface area contributed by atoms with Gasteiger partial charge in [0, 0.05) is 6.04 Å². The Balaban J connectivity index is 4.03. The molecular weight excluding hydrogens is 150 g/mol. The van der Waals surface area contributed by atoms with Gasteiger partial charge >= 0.3 is 0 Å². The summed E-state index contributed by atoms with van der Waals surface area (Å²) in [6.07, 6.45) is 5.88. The average Bonchev–Trinajstić information content (AvgIpc) is 1.96. The SMILES string of the molecule is CCCC(/C=C/C(C)=O)N(C)C. The van der Waals surface area contributed by atoms with Crippen LogP contribution in [0.5, 0.6) is 0 Å². The lowest BCUT2D eigenvalue weighted by atomic mass is 10.1. The summed E-state index contributed by atoms with van der Waals surface area (Å²) in [5.41, 5.74) is 0. The Morgan fingerprint density at radius 3 is 2.42 bits per heavy atom. The van der Waals surface area contributed by atoms with Crippen LogP contribution in [0.4, 0.5) is 0 Å². The number of nitrogens with zero attached hydrogens (tertiary/aromatic N) is 1. The van der Waals surface area contributed by atoms with Gasteiger partial charge in [-0.1, -0.05) is 19.4 Å². The van der Waals surface area contributed by atoms with Gasteiger partial charge in [-0.05, 0) is 33.5 Å². The van der Waals surface area contributed by atoms with Gasteiger partial charge in [0.15, 0.2) is 5.78 Å². The van der Waals surface area contributed by atoms with Crippen LogP contribution in [0.25, 0.3) is 0 Å². The zero-order valence-corrected chi connectivity index (χ0v) is 8.50. The monoisotopic (exact) mass is 169 g/mol. The van der Waals surface area contributed by atoms with Crippen molar-refractivity contribution in [3.05, 3.63) is 12.2 Å². The molecule has 0 saturated carbocycles. The Kier molecular flexibility index (Phi) is 5.64. The Labute approximate surface area is 75.3 Å². The molecule has 2 nitrogen and oxygen atoms in total. The van der Waals surface area contributed by atoms with Gasteiger partial charge < -0.3 is 4.90 Å². The van der Waals surface area contributed by atoms with E-state index in [2.05, 4.69) is 11.8 Å². The predicted octanol–water partition coefficient (Wildman–Crippen LogP) is 1.86. The summed E-state index contributed by atoms with van der Waals surface area (Å²) in [7, 11) is 4.07. The van der Waals surface area contributed by atoms with Crippen molar-refractivity contribution in [2.24, 2.45) is 0 Å². The molecule has 0 aliphatic heterocycles. The van der Waals surface area contributed by atoms with Crippen LogP contribution in [0.3, 0.4) is 0 Å². The molecule has 70 valence electrons. The van der Waals surface area contributed by atoms with Crippen molar-refractivity contribution >= 4 is 5.78 Å². The highest BCUT2D eigenvalue weighted by Gasteiger charge is 2.04. The van der Waals surface area contributed by atoms with Crippen LogP contribution in [0.2, 0.25) is 0 Å². The van der Waals surface area contributed by atoms with Gasteiger partial charge in [-0.3, -0.25) is 4.79 Å². The number of rotatable bonds is 5. The molecule has 1 unspecified atom stereocenters. The lowest BCUT2D eigenvalue weighted by Crippen LogP contribution is -2.25. The minimum absolute atomic E-state index is 0.123. The first-order valence-electron chi connectivity index (χ1n) is 4.43. The fourth-order valence-corrected chi connectivity index (χ4v) is 1.07. The van der Waals surface area contributed by atoms with E-state index in [-0.39, 0.29) is 5.78 Å². The summed E-state index contributed by atoms with van der Waals surface area (Å²) < 4.78 is 0. The zero-order chi connectivity index (χ0) is 9.56. The number of ketones is 1. The molecule has 0 bridgehead atoms. The van der Waals surface area contributed by atoms with E-state index >= 15 is 0 Å². The summed E-state index contributed by atoms with van der Waals surface area (Å²) >= 11 is 0. The molecule has 12 heavy (non-hydrogen) atoms. The van der Waals surface area contributed by atoms with Crippen LogP contribution in [-0.4, -0.2) is 30.8 Å². The molecule has 2 heteroatoms. The second-order valence-corrected chi connectivity index (χ2v) is 3.29. The molecule has 0 aromatic rings. The highest BCUT2D eigenvalue weighted by atomic mass is 16.1. The third kappa shape index (κ3) is 5.08. The molecule has 0 radical (unpaired) electrons. The smallest absolute Gasteiger partial charge is 0.152 e. The van der Waals surface area contributed by atoms with Crippen molar-refractivity contribution in [1.29, 1.82) is 0 Å². The molecule has 0 spiro atoms. The lowest BCUT2D eigenvalue weighted by molar-refractivity contribution is -0.112. The molecule has 0 fully saturated rings. The highest BCUT2D eigenvalue weighted by Crippen LogP contribution is 2.04. The molecule has 1 atom stereocenters. The molecule has 0 heterocycles. The molecule has 0 aromatic heterocycles. The van der Waals surface area contributed by atoms with E-state index in [9.17, 15) is 4.79 Å². The Bertz CT molecular complexity index is 161. The van der Waals surface area contributed by atoms with Crippen molar-refractivity contribution in [2.45, 2.75) is 32.7 Å². The van der Waals surface area contributed by atoms with E-state index in [4.69, 9.17) is 0 Å². The van der Waals surface area contributed by atoms with Crippen LogP contribution < -0.4 is 0 Å². The second kappa shape index (κ2) is 5.95. The summed E-state index contributed by atoms with van der Waals surface area (Å²) in [6, 6.07) is 0.402. The molecular formula is C10H19NO. The van der Waals surface area contributed by atoms with Gasteiger partial charge in [0.05, 0.1) is 0 Å². The summed E-state index contributed by atoms with van der Waals surface area (Å²) in [4.78, 5) is 12.8. The third-order valence-corrected chi connectivity index (χ3v) is 1.80.